The van der Waals surface area contributed by atoms with E-state index in [-0.39, 0.29) is 0 Å². The van der Waals surface area contributed by atoms with Crippen LogP contribution in [0.4, 0.5) is 0 Å². The first-order valence-corrected chi connectivity index (χ1v) is 5.81. The molecule has 0 saturated heterocycles. The summed E-state index contributed by atoms with van der Waals surface area (Å²) in [5, 5.41) is 1.33. The highest BCUT2D eigenvalue weighted by Crippen LogP contribution is 2.29. The van der Waals surface area contributed by atoms with Crippen LogP contribution in [-0.4, -0.2) is 11.7 Å². The maximum Gasteiger partial charge on any atom is 0.119 e. The fraction of sp³-hybridized carbons (Fsp3) is 0.429. The Morgan fingerprint density at radius 1 is 1.31 bits per heavy atom. The summed E-state index contributed by atoms with van der Waals surface area (Å²) in [6, 6.07) is 6.31. The zero-order chi connectivity index (χ0) is 11.7. The van der Waals surface area contributed by atoms with Gasteiger partial charge in [-0.2, -0.15) is 0 Å². The van der Waals surface area contributed by atoms with Gasteiger partial charge in [0.1, 0.15) is 5.75 Å². The molecule has 1 aromatic heterocycles. The molecule has 2 aromatic rings. The van der Waals surface area contributed by atoms with Crippen LogP contribution >= 0.6 is 0 Å². The molecule has 0 spiro atoms. The Balaban J connectivity index is 2.70. The number of rotatable bonds is 3. The first-order valence-electron chi connectivity index (χ1n) is 5.81. The van der Waals surface area contributed by atoms with Gasteiger partial charge in [-0.3, -0.25) is 0 Å². The molecular formula is C14H19NO. The summed E-state index contributed by atoms with van der Waals surface area (Å²) in [7, 11) is 3.85. The van der Waals surface area contributed by atoms with E-state index < -0.39 is 0 Å². The van der Waals surface area contributed by atoms with Crippen LogP contribution in [0.1, 0.15) is 24.6 Å². The molecule has 0 aliphatic rings. The van der Waals surface area contributed by atoms with Gasteiger partial charge in [-0.05, 0) is 37.1 Å². The van der Waals surface area contributed by atoms with Gasteiger partial charge in [-0.1, -0.05) is 13.3 Å². The van der Waals surface area contributed by atoms with Gasteiger partial charge in [0.25, 0.3) is 0 Å². The molecule has 0 fully saturated rings. The van der Waals surface area contributed by atoms with E-state index in [2.05, 4.69) is 37.6 Å². The Bertz CT molecular complexity index is 511. The Kier molecular flexibility index (Phi) is 2.90. The molecule has 1 aromatic carbocycles. The average Bonchev–Trinajstić information content (AvgIpc) is 2.54. The lowest BCUT2D eigenvalue weighted by atomic mass is 10.1. The Labute approximate surface area is 96.8 Å². The van der Waals surface area contributed by atoms with Crippen molar-refractivity contribution >= 4 is 10.9 Å². The van der Waals surface area contributed by atoms with Gasteiger partial charge >= 0.3 is 0 Å². The molecule has 16 heavy (non-hydrogen) atoms. The van der Waals surface area contributed by atoms with Gasteiger partial charge in [-0.25, -0.2) is 0 Å². The van der Waals surface area contributed by atoms with Crippen LogP contribution < -0.4 is 4.74 Å². The maximum atomic E-state index is 5.30. The molecule has 0 saturated carbocycles. The first-order chi connectivity index (χ1) is 7.69. The molecular weight excluding hydrogens is 198 g/mol. The van der Waals surface area contributed by atoms with Crippen molar-refractivity contribution in [2.75, 3.05) is 7.11 Å². The molecule has 2 heteroatoms. The van der Waals surface area contributed by atoms with Crippen molar-refractivity contribution in [1.82, 2.24) is 4.57 Å². The molecule has 0 N–H and O–H groups in total. The predicted molar refractivity (Wildman–Crippen MR) is 68.2 cm³/mol. The maximum absolute atomic E-state index is 5.30. The third-order valence-electron chi connectivity index (χ3n) is 3.33. The number of hydrogen-bond acceptors (Lipinski definition) is 1. The minimum absolute atomic E-state index is 0.940. The molecule has 0 aliphatic heterocycles. The molecule has 2 nitrogen and oxygen atoms in total. The van der Waals surface area contributed by atoms with E-state index in [9.17, 15) is 0 Å². The fourth-order valence-corrected chi connectivity index (χ4v) is 2.32. The van der Waals surface area contributed by atoms with E-state index in [0.717, 1.165) is 12.2 Å². The molecule has 0 aliphatic carbocycles. The van der Waals surface area contributed by atoms with E-state index in [1.54, 1.807) is 7.11 Å². The Morgan fingerprint density at radius 3 is 2.69 bits per heavy atom. The number of aryl methyl sites for hydroxylation is 2. The average molecular weight is 217 g/mol. The number of aromatic nitrogens is 1. The summed E-state index contributed by atoms with van der Waals surface area (Å²) in [6.07, 6.45) is 2.31. The quantitative estimate of drug-likeness (QED) is 0.768. The van der Waals surface area contributed by atoms with Crippen LogP contribution in [0.15, 0.2) is 18.2 Å². The zero-order valence-corrected chi connectivity index (χ0v) is 10.5. The van der Waals surface area contributed by atoms with Gasteiger partial charge in [0.2, 0.25) is 0 Å². The van der Waals surface area contributed by atoms with Crippen molar-refractivity contribution < 1.29 is 4.74 Å². The monoisotopic (exact) mass is 217 g/mol. The SMILES string of the molecule is CCCc1c(C)n(C)c2ccc(OC)cc12. The van der Waals surface area contributed by atoms with E-state index in [4.69, 9.17) is 4.74 Å². The molecule has 2 rings (SSSR count). The van der Waals surface area contributed by atoms with Gasteiger partial charge in [0.15, 0.2) is 0 Å². The standard InChI is InChI=1S/C14H19NO/c1-5-6-12-10(2)15(3)14-8-7-11(16-4)9-13(12)14/h7-9H,5-6H2,1-4H3. The lowest BCUT2D eigenvalue weighted by Crippen LogP contribution is -1.92. The van der Waals surface area contributed by atoms with Gasteiger partial charge in [0, 0.05) is 23.6 Å². The Hall–Kier alpha value is -1.44. The largest absolute Gasteiger partial charge is 0.497 e. The molecule has 0 radical (unpaired) electrons. The van der Waals surface area contributed by atoms with Crippen molar-refractivity contribution in [2.24, 2.45) is 7.05 Å². The van der Waals surface area contributed by atoms with Gasteiger partial charge in [0.05, 0.1) is 7.11 Å². The number of nitrogens with zero attached hydrogens (tertiary/aromatic N) is 1. The Morgan fingerprint density at radius 2 is 2.06 bits per heavy atom. The fourth-order valence-electron chi connectivity index (χ4n) is 2.32. The van der Waals surface area contributed by atoms with Crippen LogP contribution in [0, 0.1) is 6.92 Å². The van der Waals surface area contributed by atoms with Gasteiger partial charge < -0.3 is 9.30 Å². The second kappa shape index (κ2) is 4.20. The van der Waals surface area contributed by atoms with Crippen LogP contribution in [-0.2, 0) is 13.5 Å². The number of hydrogen-bond donors (Lipinski definition) is 0. The van der Waals surface area contributed by atoms with E-state index in [0.29, 0.717) is 0 Å². The molecule has 0 unspecified atom stereocenters. The summed E-state index contributed by atoms with van der Waals surface area (Å²) >= 11 is 0. The summed E-state index contributed by atoms with van der Waals surface area (Å²) < 4.78 is 7.56. The zero-order valence-electron chi connectivity index (χ0n) is 10.5. The summed E-state index contributed by atoms with van der Waals surface area (Å²) in [4.78, 5) is 0. The number of ether oxygens (including phenoxy) is 1. The molecule has 0 bridgehead atoms. The first kappa shape index (κ1) is 11.1. The summed E-state index contributed by atoms with van der Waals surface area (Å²) in [5.74, 6) is 0.940. The predicted octanol–water partition coefficient (Wildman–Crippen LogP) is 3.45. The van der Waals surface area contributed by atoms with Crippen LogP contribution in [0.25, 0.3) is 10.9 Å². The lowest BCUT2D eigenvalue weighted by Gasteiger charge is -2.01. The second-order valence-electron chi connectivity index (χ2n) is 4.26. The number of methoxy groups -OCH3 is 1. The topological polar surface area (TPSA) is 14.2 Å². The van der Waals surface area contributed by atoms with Crippen LogP contribution in [0.2, 0.25) is 0 Å². The minimum Gasteiger partial charge on any atom is -0.497 e. The summed E-state index contributed by atoms with van der Waals surface area (Å²) in [5.41, 5.74) is 4.12. The molecule has 1 heterocycles. The molecule has 86 valence electrons. The molecule has 0 atom stereocenters. The van der Waals surface area contributed by atoms with Crippen molar-refractivity contribution in [3.63, 3.8) is 0 Å². The van der Waals surface area contributed by atoms with Gasteiger partial charge in [-0.15, -0.1) is 0 Å². The second-order valence-corrected chi connectivity index (χ2v) is 4.26. The smallest absolute Gasteiger partial charge is 0.119 e. The third-order valence-corrected chi connectivity index (χ3v) is 3.33. The number of benzene rings is 1. The highest BCUT2D eigenvalue weighted by atomic mass is 16.5. The normalized spacial score (nSPS) is 11.0. The summed E-state index contributed by atoms with van der Waals surface area (Å²) in [6.45, 7) is 4.41. The number of fused-ring (bicyclic) bond motifs is 1. The molecule has 0 amide bonds. The van der Waals surface area contributed by atoms with Crippen molar-refractivity contribution in [3.05, 3.63) is 29.5 Å². The highest BCUT2D eigenvalue weighted by Gasteiger charge is 2.11. The lowest BCUT2D eigenvalue weighted by molar-refractivity contribution is 0.415. The van der Waals surface area contributed by atoms with Crippen molar-refractivity contribution in [3.8, 4) is 5.75 Å². The van der Waals surface area contributed by atoms with E-state index >= 15 is 0 Å². The van der Waals surface area contributed by atoms with E-state index in [1.165, 1.54) is 28.6 Å². The minimum atomic E-state index is 0.940. The van der Waals surface area contributed by atoms with E-state index in [1.807, 2.05) is 6.07 Å². The van der Waals surface area contributed by atoms with Crippen molar-refractivity contribution in [2.45, 2.75) is 26.7 Å². The van der Waals surface area contributed by atoms with Crippen molar-refractivity contribution in [1.29, 1.82) is 0 Å². The van der Waals surface area contributed by atoms with Crippen LogP contribution in [0.3, 0.4) is 0 Å². The highest BCUT2D eigenvalue weighted by molar-refractivity contribution is 5.86. The third kappa shape index (κ3) is 1.58. The van der Waals surface area contributed by atoms with Crippen LogP contribution in [0.5, 0.6) is 5.75 Å².